The summed E-state index contributed by atoms with van der Waals surface area (Å²) in [6, 6.07) is 13.8. The SMILES string of the molecule is CC(C)N(Cc1ccccc1)c1ccc(C(F)(F)F)c(C(N)=S)c1. The van der Waals surface area contributed by atoms with Gasteiger partial charge in [-0.3, -0.25) is 0 Å². The Morgan fingerprint density at radius 1 is 1.12 bits per heavy atom. The number of nitrogens with zero attached hydrogens (tertiary/aromatic N) is 1. The van der Waals surface area contributed by atoms with Crippen LogP contribution in [0.2, 0.25) is 0 Å². The first kappa shape index (κ1) is 18.3. The Bertz CT molecular complexity index is 712. The topological polar surface area (TPSA) is 29.3 Å². The second-order valence-corrected chi connectivity index (χ2v) is 6.24. The van der Waals surface area contributed by atoms with E-state index in [9.17, 15) is 13.2 Å². The van der Waals surface area contributed by atoms with Crippen molar-refractivity contribution in [2.24, 2.45) is 5.73 Å². The molecule has 0 atom stereocenters. The van der Waals surface area contributed by atoms with E-state index >= 15 is 0 Å². The lowest BCUT2D eigenvalue weighted by atomic mass is 10.0. The van der Waals surface area contributed by atoms with Crippen LogP contribution in [0.3, 0.4) is 0 Å². The maximum Gasteiger partial charge on any atom is 0.417 e. The van der Waals surface area contributed by atoms with Gasteiger partial charge >= 0.3 is 6.18 Å². The molecule has 6 heteroatoms. The van der Waals surface area contributed by atoms with Crippen molar-refractivity contribution in [1.82, 2.24) is 0 Å². The van der Waals surface area contributed by atoms with Gasteiger partial charge in [0.2, 0.25) is 0 Å². The summed E-state index contributed by atoms with van der Waals surface area (Å²) in [7, 11) is 0. The summed E-state index contributed by atoms with van der Waals surface area (Å²) in [5.41, 5.74) is 6.30. The average Bonchev–Trinajstić information content (AvgIpc) is 2.52. The predicted molar refractivity (Wildman–Crippen MR) is 95.1 cm³/mol. The predicted octanol–water partition coefficient (Wildman–Crippen LogP) is 4.75. The number of thiocarbonyl (C=S) groups is 1. The quantitative estimate of drug-likeness (QED) is 0.787. The molecule has 0 unspecified atom stereocenters. The van der Waals surface area contributed by atoms with E-state index in [-0.39, 0.29) is 16.6 Å². The summed E-state index contributed by atoms with van der Waals surface area (Å²) in [5.74, 6) is 0. The number of anilines is 1. The highest BCUT2D eigenvalue weighted by molar-refractivity contribution is 7.80. The van der Waals surface area contributed by atoms with Crippen LogP contribution in [0, 0.1) is 0 Å². The molecule has 0 aliphatic carbocycles. The third kappa shape index (κ3) is 4.26. The fourth-order valence-corrected chi connectivity index (χ4v) is 2.68. The van der Waals surface area contributed by atoms with Crippen molar-refractivity contribution >= 4 is 22.9 Å². The summed E-state index contributed by atoms with van der Waals surface area (Å²) >= 11 is 4.82. The molecule has 0 amide bonds. The van der Waals surface area contributed by atoms with Gasteiger partial charge in [0.1, 0.15) is 4.99 Å². The highest BCUT2D eigenvalue weighted by Gasteiger charge is 2.34. The fourth-order valence-electron chi connectivity index (χ4n) is 2.51. The highest BCUT2D eigenvalue weighted by Crippen LogP contribution is 2.34. The minimum absolute atomic E-state index is 0.0983. The Balaban J connectivity index is 2.44. The van der Waals surface area contributed by atoms with Crippen LogP contribution in [0.5, 0.6) is 0 Å². The van der Waals surface area contributed by atoms with E-state index < -0.39 is 11.7 Å². The maximum absolute atomic E-state index is 13.1. The third-order valence-corrected chi connectivity index (χ3v) is 3.94. The zero-order valence-corrected chi connectivity index (χ0v) is 14.3. The third-order valence-electron chi connectivity index (χ3n) is 3.72. The van der Waals surface area contributed by atoms with Crippen LogP contribution in [-0.2, 0) is 12.7 Å². The lowest BCUT2D eigenvalue weighted by Crippen LogP contribution is -2.30. The van der Waals surface area contributed by atoms with Gasteiger partial charge in [-0.05, 0) is 37.6 Å². The van der Waals surface area contributed by atoms with Crippen molar-refractivity contribution in [2.45, 2.75) is 32.6 Å². The van der Waals surface area contributed by atoms with E-state index in [1.54, 1.807) is 0 Å². The molecule has 0 aromatic heterocycles. The van der Waals surface area contributed by atoms with Crippen LogP contribution < -0.4 is 10.6 Å². The largest absolute Gasteiger partial charge is 0.417 e. The molecule has 0 bridgehead atoms. The van der Waals surface area contributed by atoms with Gasteiger partial charge in [0.05, 0.1) is 5.56 Å². The van der Waals surface area contributed by atoms with Crippen LogP contribution in [-0.4, -0.2) is 11.0 Å². The zero-order valence-electron chi connectivity index (χ0n) is 13.5. The first-order chi connectivity index (χ1) is 11.2. The van der Waals surface area contributed by atoms with Gasteiger partial charge in [0.15, 0.2) is 0 Å². The van der Waals surface area contributed by atoms with E-state index in [4.69, 9.17) is 18.0 Å². The summed E-state index contributed by atoms with van der Waals surface area (Å²) in [6.07, 6.45) is -4.49. The maximum atomic E-state index is 13.1. The normalized spacial score (nSPS) is 11.6. The number of nitrogens with two attached hydrogens (primary N) is 1. The number of alkyl halides is 3. The average molecular weight is 352 g/mol. The van der Waals surface area contributed by atoms with Crippen LogP contribution in [0.1, 0.15) is 30.5 Å². The monoisotopic (exact) mass is 352 g/mol. The van der Waals surface area contributed by atoms with E-state index in [2.05, 4.69) is 0 Å². The Hall–Kier alpha value is -2.08. The summed E-state index contributed by atoms with van der Waals surface area (Å²) in [6.45, 7) is 4.56. The van der Waals surface area contributed by atoms with Gasteiger partial charge in [0.25, 0.3) is 0 Å². The minimum atomic E-state index is -4.49. The van der Waals surface area contributed by atoms with Crippen LogP contribution in [0.4, 0.5) is 18.9 Å². The van der Waals surface area contributed by atoms with E-state index in [0.29, 0.717) is 12.2 Å². The highest BCUT2D eigenvalue weighted by atomic mass is 32.1. The Kier molecular flexibility index (Phi) is 5.49. The molecular formula is C18H19F3N2S. The lowest BCUT2D eigenvalue weighted by molar-refractivity contribution is -0.137. The summed E-state index contributed by atoms with van der Waals surface area (Å²) in [4.78, 5) is 1.75. The van der Waals surface area contributed by atoms with Gasteiger partial charge in [-0.1, -0.05) is 42.5 Å². The van der Waals surface area contributed by atoms with E-state index in [0.717, 1.165) is 11.6 Å². The van der Waals surface area contributed by atoms with Gasteiger partial charge in [-0.15, -0.1) is 0 Å². The molecule has 2 N–H and O–H groups in total. The smallest absolute Gasteiger partial charge is 0.389 e. The number of rotatable bonds is 5. The molecule has 0 heterocycles. The van der Waals surface area contributed by atoms with E-state index in [1.807, 2.05) is 49.1 Å². The fraction of sp³-hybridized carbons (Fsp3) is 0.278. The van der Waals surface area contributed by atoms with Gasteiger partial charge in [-0.25, -0.2) is 0 Å². The van der Waals surface area contributed by atoms with Crippen molar-refractivity contribution in [3.63, 3.8) is 0 Å². The zero-order chi connectivity index (χ0) is 17.9. The molecule has 2 rings (SSSR count). The van der Waals surface area contributed by atoms with Crippen molar-refractivity contribution in [3.8, 4) is 0 Å². The molecular weight excluding hydrogens is 333 g/mol. The van der Waals surface area contributed by atoms with Crippen molar-refractivity contribution < 1.29 is 13.2 Å². The molecule has 0 radical (unpaired) electrons. The molecule has 0 aliphatic rings. The van der Waals surface area contributed by atoms with Crippen LogP contribution >= 0.6 is 12.2 Å². The number of halogens is 3. The molecule has 2 nitrogen and oxygen atoms in total. The second-order valence-electron chi connectivity index (χ2n) is 5.80. The Morgan fingerprint density at radius 3 is 2.25 bits per heavy atom. The van der Waals surface area contributed by atoms with Crippen molar-refractivity contribution in [2.75, 3.05) is 4.90 Å². The molecule has 0 spiro atoms. The molecule has 128 valence electrons. The Morgan fingerprint density at radius 2 is 1.75 bits per heavy atom. The molecule has 0 saturated heterocycles. The van der Waals surface area contributed by atoms with Crippen molar-refractivity contribution in [3.05, 3.63) is 65.2 Å². The van der Waals surface area contributed by atoms with Crippen molar-refractivity contribution in [1.29, 1.82) is 0 Å². The van der Waals surface area contributed by atoms with Crippen LogP contribution in [0.25, 0.3) is 0 Å². The molecule has 0 fully saturated rings. The van der Waals surface area contributed by atoms with Gasteiger partial charge in [-0.2, -0.15) is 13.2 Å². The lowest BCUT2D eigenvalue weighted by Gasteiger charge is -2.30. The standard InChI is InChI=1S/C18H19F3N2S/c1-12(2)23(11-13-6-4-3-5-7-13)14-8-9-16(18(19,20)21)15(10-14)17(22)24/h3-10,12H,11H2,1-2H3,(H2,22,24). The number of benzene rings is 2. The number of hydrogen-bond donors (Lipinski definition) is 1. The first-order valence-electron chi connectivity index (χ1n) is 7.51. The second kappa shape index (κ2) is 7.21. The van der Waals surface area contributed by atoms with Crippen LogP contribution in [0.15, 0.2) is 48.5 Å². The van der Waals surface area contributed by atoms with Gasteiger partial charge in [0, 0.05) is 23.8 Å². The molecule has 0 saturated carbocycles. The first-order valence-corrected chi connectivity index (χ1v) is 7.92. The molecule has 0 aliphatic heterocycles. The van der Waals surface area contributed by atoms with E-state index in [1.165, 1.54) is 12.1 Å². The molecule has 24 heavy (non-hydrogen) atoms. The summed E-state index contributed by atoms with van der Waals surface area (Å²) in [5, 5.41) is 0. The van der Waals surface area contributed by atoms with Gasteiger partial charge < -0.3 is 10.6 Å². The number of hydrogen-bond acceptors (Lipinski definition) is 2. The minimum Gasteiger partial charge on any atom is -0.389 e. The molecule has 2 aromatic carbocycles. The Labute approximate surface area is 145 Å². The molecule has 2 aromatic rings. The summed E-state index contributed by atoms with van der Waals surface area (Å²) < 4.78 is 39.4.